The first kappa shape index (κ1) is 59.6. The normalized spacial score (nSPS) is 11.8. The predicted molar refractivity (Wildman–Crippen MR) is 276 cm³/mol. The molecule has 0 spiro atoms. The second-order valence-electron chi connectivity index (χ2n) is 18.6. The Labute approximate surface area is 427 Å². The Bertz CT molecular complexity index is 1960. The van der Waals surface area contributed by atoms with E-state index in [0.29, 0.717) is 24.0 Å². The van der Waals surface area contributed by atoms with E-state index >= 15 is 0 Å². The number of hydrogen-bond donors (Lipinski definition) is 0. The minimum absolute atomic E-state index is 0. The summed E-state index contributed by atoms with van der Waals surface area (Å²) in [6.45, 7) is 8.91. The van der Waals surface area contributed by atoms with E-state index < -0.39 is 20.2 Å². The molecule has 9 heteroatoms. The van der Waals surface area contributed by atoms with Gasteiger partial charge in [-0.05, 0) is 119 Å². The van der Waals surface area contributed by atoms with Gasteiger partial charge >= 0.3 is 37.7 Å². The van der Waals surface area contributed by atoms with Gasteiger partial charge in [-0.15, -0.1) is 0 Å². The Morgan fingerprint density at radius 3 is 0.846 bits per heavy atom. The van der Waals surface area contributed by atoms with Crippen LogP contribution in [0.3, 0.4) is 0 Å². The van der Waals surface area contributed by atoms with Crippen LogP contribution < -0.4 is 0 Å². The van der Waals surface area contributed by atoms with Crippen LogP contribution in [0.25, 0.3) is 21.5 Å². The van der Waals surface area contributed by atoms with E-state index in [1.165, 1.54) is 152 Å². The molecule has 360 valence electrons. The van der Waals surface area contributed by atoms with Gasteiger partial charge in [-0.25, -0.2) is 16.8 Å². The van der Waals surface area contributed by atoms with Crippen molar-refractivity contribution in [3.63, 3.8) is 0 Å². The largest absolute Gasteiger partial charge is 2.00 e. The quantitative estimate of drug-likeness (QED) is 0.0262. The summed E-state index contributed by atoms with van der Waals surface area (Å²) in [5.74, 6) is 0. The van der Waals surface area contributed by atoms with Gasteiger partial charge in [-0.2, -0.15) is 0 Å². The second kappa shape index (κ2) is 34.7. The molecule has 0 aliphatic heterocycles. The Balaban J connectivity index is 0.000000440. The van der Waals surface area contributed by atoms with Gasteiger partial charge in [0.1, 0.15) is 20.2 Å². The van der Waals surface area contributed by atoms with Gasteiger partial charge in [0.15, 0.2) is 0 Å². The van der Waals surface area contributed by atoms with Gasteiger partial charge in [0, 0.05) is 0 Å². The van der Waals surface area contributed by atoms with Crippen molar-refractivity contribution in [2.75, 3.05) is 0 Å². The van der Waals surface area contributed by atoms with Gasteiger partial charge in [0.25, 0.3) is 0 Å². The fourth-order valence-corrected chi connectivity index (χ4v) is 10.7. The first-order chi connectivity index (χ1) is 30.9. The maximum atomic E-state index is 12.0. The van der Waals surface area contributed by atoms with E-state index in [4.69, 9.17) is 0 Å². The first-order valence-electron chi connectivity index (χ1n) is 25.9. The van der Waals surface area contributed by atoms with Gasteiger partial charge in [0.05, 0.1) is 9.79 Å². The van der Waals surface area contributed by atoms with Crippen LogP contribution in [0, 0.1) is 0 Å². The zero-order valence-electron chi connectivity index (χ0n) is 41.4. The molecule has 6 nitrogen and oxygen atoms in total. The molecule has 0 fully saturated rings. The average Bonchev–Trinajstić information content (AvgIpc) is 3.27. The number of unbranched alkanes of at least 4 members (excludes halogenated alkanes) is 24. The zero-order valence-corrected chi connectivity index (χ0v) is 45.2. The first-order valence-corrected chi connectivity index (χ1v) is 28.8. The minimum atomic E-state index is -4.47. The Morgan fingerprint density at radius 1 is 0.338 bits per heavy atom. The molecule has 4 aromatic rings. The number of benzene rings is 4. The van der Waals surface area contributed by atoms with Crippen LogP contribution in [0.2, 0.25) is 0 Å². The monoisotopic (exact) mass is 959 g/mol. The van der Waals surface area contributed by atoms with Crippen molar-refractivity contribution in [3.05, 3.63) is 82.9 Å². The van der Waals surface area contributed by atoms with Gasteiger partial charge < -0.3 is 9.11 Å². The molecule has 65 heavy (non-hydrogen) atoms. The van der Waals surface area contributed by atoms with Crippen LogP contribution >= 0.6 is 0 Å². The summed E-state index contributed by atoms with van der Waals surface area (Å²) in [5.41, 5.74) is 3.94. The van der Waals surface area contributed by atoms with Crippen LogP contribution in [0.1, 0.15) is 230 Å². The third-order valence-electron chi connectivity index (χ3n) is 13.0. The summed E-state index contributed by atoms with van der Waals surface area (Å²) in [5, 5.41) is 3.96. The van der Waals surface area contributed by atoms with Crippen molar-refractivity contribution < 1.29 is 25.9 Å². The summed E-state index contributed by atoms with van der Waals surface area (Å²) in [4.78, 5) is -0.0480. The van der Waals surface area contributed by atoms with Crippen LogP contribution in [-0.2, 0) is 45.9 Å². The standard InChI is InChI=1S/2C28H44O3S.Ca/c2*1-3-5-7-9-11-13-15-18-24-20-17-21-25-23-28(32(29,30)31)26(22-27(24)25)19-16-14-12-10-8-6-4-2;/h2*17,20-23H,3-16,18-19H2,1-2H3,(H,29,30,31);/q;;+2/p-2. The van der Waals surface area contributed by atoms with E-state index in [1.54, 1.807) is 12.1 Å². The molecule has 0 saturated carbocycles. The van der Waals surface area contributed by atoms with Gasteiger partial charge in [-0.1, -0.05) is 218 Å². The molecule has 0 unspecified atom stereocenters. The van der Waals surface area contributed by atoms with Crippen LogP contribution in [-0.4, -0.2) is 63.7 Å². The molecule has 0 saturated heterocycles. The van der Waals surface area contributed by atoms with Crippen LogP contribution in [0.4, 0.5) is 0 Å². The van der Waals surface area contributed by atoms with Crippen molar-refractivity contribution in [3.8, 4) is 0 Å². The van der Waals surface area contributed by atoms with Crippen LogP contribution in [0.15, 0.2) is 70.5 Å². The van der Waals surface area contributed by atoms with Gasteiger partial charge in [0.2, 0.25) is 0 Å². The van der Waals surface area contributed by atoms with Crippen molar-refractivity contribution in [2.24, 2.45) is 0 Å². The smallest absolute Gasteiger partial charge is 0.744 e. The molecule has 0 heterocycles. The molecule has 0 radical (unpaired) electrons. The van der Waals surface area contributed by atoms with Crippen molar-refractivity contribution in [1.29, 1.82) is 0 Å². The number of hydrogen-bond acceptors (Lipinski definition) is 6. The fraction of sp³-hybridized carbons (Fsp3) is 0.643. The summed E-state index contributed by atoms with van der Waals surface area (Å²) < 4.78 is 71.7. The molecular weight excluding hydrogens is 873 g/mol. The second-order valence-corrected chi connectivity index (χ2v) is 21.3. The molecule has 0 aliphatic rings. The molecule has 0 aromatic heterocycles. The number of fused-ring (bicyclic) bond motifs is 2. The third kappa shape index (κ3) is 23.6. The maximum Gasteiger partial charge on any atom is 2.00 e. The molecule has 0 bridgehead atoms. The average molecular weight is 960 g/mol. The topological polar surface area (TPSA) is 114 Å². The minimum Gasteiger partial charge on any atom is -0.744 e. The fourth-order valence-electron chi connectivity index (χ4n) is 9.21. The van der Waals surface area contributed by atoms with Crippen LogP contribution in [0.5, 0.6) is 0 Å². The summed E-state index contributed by atoms with van der Waals surface area (Å²) in [6.07, 6.45) is 37.6. The van der Waals surface area contributed by atoms with E-state index in [1.807, 2.05) is 36.4 Å². The number of rotatable bonds is 34. The number of aryl methyl sites for hydroxylation is 4. The molecule has 0 N–H and O–H groups in total. The van der Waals surface area contributed by atoms with E-state index in [2.05, 4.69) is 39.8 Å². The SMILES string of the molecule is CCCCCCCCCc1cc2c(CCCCCCCCC)cccc2cc1S(=O)(=O)[O-].CCCCCCCCCc1cc2c(CCCCCCCCC)cccc2cc1S(=O)(=O)[O-].[Ca+2]. The maximum absolute atomic E-state index is 12.0. The molecular formula is C56H86CaO6S2. The molecule has 0 amide bonds. The Kier molecular flexibility index (Phi) is 31.8. The molecule has 0 aliphatic carbocycles. The molecule has 0 atom stereocenters. The summed E-state index contributed by atoms with van der Waals surface area (Å²) in [7, 11) is -8.95. The van der Waals surface area contributed by atoms with Crippen molar-refractivity contribution in [1.82, 2.24) is 0 Å². The molecule has 4 aromatic carbocycles. The van der Waals surface area contributed by atoms with E-state index in [-0.39, 0.29) is 47.5 Å². The summed E-state index contributed by atoms with van der Waals surface area (Å²) in [6, 6.07) is 19.3. The van der Waals surface area contributed by atoms with Gasteiger partial charge in [-0.3, -0.25) is 0 Å². The van der Waals surface area contributed by atoms with E-state index in [9.17, 15) is 25.9 Å². The third-order valence-corrected chi connectivity index (χ3v) is 14.9. The van der Waals surface area contributed by atoms with Crippen molar-refractivity contribution >= 4 is 79.5 Å². The Morgan fingerprint density at radius 2 is 0.585 bits per heavy atom. The summed E-state index contributed by atoms with van der Waals surface area (Å²) >= 11 is 0. The van der Waals surface area contributed by atoms with E-state index in [0.717, 1.165) is 72.9 Å². The Hall–Kier alpha value is -1.52. The zero-order chi connectivity index (χ0) is 46.5. The molecule has 4 rings (SSSR count). The van der Waals surface area contributed by atoms with Crippen molar-refractivity contribution in [2.45, 2.75) is 243 Å². The predicted octanol–water partition coefficient (Wildman–Crippen LogP) is 16.3.